The maximum atomic E-state index is 13.1. The Hall–Kier alpha value is -1.94. The number of carbonyl (C=O) groups excluding carboxylic acids is 4. The number of carbonyl (C=O) groups is 4. The van der Waals surface area contributed by atoms with Crippen LogP contribution in [-0.4, -0.2) is 96.7 Å². The normalized spacial score (nSPS) is 13.9. The van der Waals surface area contributed by atoms with Gasteiger partial charge in [-0.25, -0.2) is 9.13 Å². The SMILES string of the molecule is CCCCCCCCCCCCCCCCCC(=O)O[C@H](COC(=O)CCCCCCCCC(C)C)COP(=O)(O)OC[C@H](O)COP(=O)(O)OC[C@@H](COC(=O)CCCCCCCCCCCCCCCCC(C)C)OC(=O)CCCCCCCCCCCCCCCCCCCCC(C)C. The average molecular weight is 1490 g/mol. The fourth-order valence-electron chi connectivity index (χ4n) is 12.8. The topological polar surface area (TPSA) is 237 Å². The molecular weight excluding hydrogens is 1330 g/mol. The van der Waals surface area contributed by atoms with Gasteiger partial charge in [-0.2, -0.15) is 0 Å². The van der Waals surface area contributed by atoms with Crippen molar-refractivity contribution in [2.24, 2.45) is 17.8 Å². The Bertz CT molecular complexity index is 1970. The van der Waals surface area contributed by atoms with E-state index in [4.69, 9.17) is 37.0 Å². The molecule has 0 bridgehead atoms. The van der Waals surface area contributed by atoms with Gasteiger partial charge in [0.1, 0.15) is 19.3 Å². The minimum atomic E-state index is -4.96. The molecule has 102 heavy (non-hydrogen) atoms. The van der Waals surface area contributed by atoms with Crippen molar-refractivity contribution in [3.63, 3.8) is 0 Å². The van der Waals surface area contributed by atoms with Crippen molar-refractivity contribution in [2.45, 2.75) is 452 Å². The molecule has 0 aliphatic rings. The van der Waals surface area contributed by atoms with E-state index in [9.17, 15) is 43.2 Å². The molecule has 0 aromatic rings. The van der Waals surface area contributed by atoms with E-state index in [1.54, 1.807) is 0 Å². The minimum Gasteiger partial charge on any atom is -0.462 e. The predicted octanol–water partition coefficient (Wildman–Crippen LogP) is 24.9. The molecule has 0 rings (SSSR count). The third-order valence-electron chi connectivity index (χ3n) is 19.4. The molecule has 3 N–H and O–H groups in total. The van der Waals surface area contributed by atoms with E-state index in [1.807, 2.05) is 0 Å². The second-order valence-corrected chi connectivity index (χ2v) is 34.2. The predicted molar refractivity (Wildman–Crippen MR) is 418 cm³/mol. The summed E-state index contributed by atoms with van der Waals surface area (Å²) in [6, 6.07) is 0. The van der Waals surface area contributed by atoms with E-state index in [0.717, 1.165) is 108 Å². The molecule has 5 atom stereocenters. The van der Waals surface area contributed by atoms with Crippen LogP contribution >= 0.6 is 15.6 Å². The summed E-state index contributed by atoms with van der Waals surface area (Å²) >= 11 is 0. The third kappa shape index (κ3) is 76.3. The number of hydrogen-bond acceptors (Lipinski definition) is 15. The lowest BCUT2D eigenvalue weighted by Gasteiger charge is -2.21. The second-order valence-electron chi connectivity index (χ2n) is 31.3. The maximum Gasteiger partial charge on any atom is 0.472 e. The van der Waals surface area contributed by atoms with Gasteiger partial charge in [0.15, 0.2) is 12.2 Å². The Kier molecular flexibility index (Phi) is 71.8. The smallest absolute Gasteiger partial charge is 0.462 e. The first kappa shape index (κ1) is 100. The molecule has 2 unspecified atom stereocenters. The number of aliphatic hydroxyl groups is 1. The molecule has 0 aromatic carbocycles. The molecule has 0 heterocycles. The first-order valence-corrected chi connectivity index (χ1v) is 45.8. The number of unbranched alkanes of at least 4 members (excludes halogenated alkanes) is 49. The van der Waals surface area contributed by atoms with Crippen LogP contribution in [0.25, 0.3) is 0 Å². The molecule has 0 spiro atoms. The van der Waals surface area contributed by atoms with Crippen LogP contribution in [-0.2, 0) is 65.4 Å². The molecule has 0 aliphatic carbocycles. The van der Waals surface area contributed by atoms with Crippen molar-refractivity contribution < 1.29 is 80.2 Å². The first-order chi connectivity index (χ1) is 49.2. The van der Waals surface area contributed by atoms with Crippen LogP contribution < -0.4 is 0 Å². The third-order valence-corrected chi connectivity index (χ3v) is 21.3. The van der Waals surface area contributed by atoms with Crippen LogP contribution in [0.1, 0.15) is 434 Å². The van der Waals surface area contributed by atoms with Gasteiger partial charge in [0.25, 0.3) is 0 Å². The largest absolute Gasteiger partial charge is 0.472 e. The Morgan fingerprint density at radius 2 is 0.451 bits per heavy atom. The van der Waals surface area contributed by atoms with Crippen LogP contribution in [0.3, 0.4) is 0 Å². The minimum absolute atomic E-state index is 0.107. The standard InChI is InChI=1S/C83H162O17P2/c1-8-9-10-11-12-13-14-15-20-28-33-38-43-52-59-67-83(88)100-79(71-94-81(86)65-58-51-46-45-49-56-63-76(6)7)73-98-102(91,92)96-69-77(84)68-95-101(89,90)97-72-78(70-93-80(85)64-57-50-42-37-32-27-24-23-26-31-36-41-48-55-62-75(4)5)99-82(87)66-60-53-44-39-34-29-22-19-17-16-18-21-25-30-35-40-47-54-61-74(2)3/h74-79,84H,8-73H2,1-7H3,(H,89,90)(H,91,92)/t77-,78-,79-/m1/s1. The van der Waals surface area contributed by atoms with E-state index >= 15 is 0 Å². The van der Waals surface area contributed by atoms with E-state index in [0.29, 0.717) is 31.6 Å². The van der Waals surface area contributed by atoms with Crippen molar-refractivity contribution in [1.82, 2.24) is 0 Å². The van der Waals surface area contributed by atoms with Crippen molar-refractivity contribution in [2.75, 3.05) is 39.6 Å². The second kappa shape index (κ2) is 73.2. The van der Waals surface area contributed by atoms with Gasteiger partial charge in [-0.05, 0) is 43.4 Å². The number of phosphoric ester groups is 2. The summed E-state index contributed by atoms with van der Waals surface area (Å²) in [4.78, 5) is 73.0. The van der Waals surface area contributed by atoms with Crippen LogP contribution in [0.4, 0.5) is 0 Å². The molecule has 0 saturated carbocycles. The highest BCUT2D eigenvalue weighted by Crippen LogP contribution is 2.45. The zero-order valence-electron chi connectivity index (χ0n) is 67.1. The van der Waals surface area contributed by atoms with Crippen molar-refractivity contribution in [3.8, 4) is 0 Å². The highest BCUT2D eigenvalue weighted by molar-refractivity contribution is 7.47. The van der Waals surface area contributed by atoms with Crippen LogP contribution in [0.2, 0.25) is 0 Å². The lowest BCUT2D eigenvalue weighted by molar-refractivity contribution is -0.161. The molecule has 0 radical (unpaired) electrons. The fraction of sp³-hybridized carbons (Fsp3) is 0.952. The van der Waals surface area contributed by atoms with Gasteiger partial charge >= 0.3 is 39.5 Å². The number of ether oxygens (including phenoxy) is 4. The molecule has 0 amide bonds. The molecule has 0 aromatic heterocycles. The number of aliphatic hydroxyl groups excluding tert-OH is 1. The molecule has 0 saturated heterocycles. The van der Waals surface area contributed by atoms with Gasteiger partial charge in [-0.3, -0.25) is 37.3 Å². The zero-order valence-corrected chi connectivity index (χ0v) is 68.9. The van der Waals surface area contributed by atoms with Gasteiger partial charge in [0, 0.05) is 25.7 Å². The molecule has 0 fully saturated rings. The first-order valence-electron chi connectivity index (χ1n) is 42.8. The van der Waals surface area contributed by atoms with Gasteiger partial charge < -0.3 is 33.8 Å². The molecule has 606 valence electrons. The lowest BCUT2D eigenvalue weighted by atomic mass is 10.0. The van der Waals surface area contributed by atoms with Crippen molar-refractivity contribution in [1.29, 1.82) is 0 Å². The van der Waals surface area contributed by atoms with Gasteiger partial charge in [0.2, 0.25) is 0 Å². The summed E-state index contributed by atoms with van der Waals surface area (Å²) in [7, 11) is -9.92. The van der Waals surface area contributed by atoms with E-state index in [1.165, 1.54) is 238 Å². The highest BCUT2D eigenvalue weighted by atomic mass is 31.2. The lowest BCUT2D eigenvalue weighted by Crippen LogP contribution is -2.30. The number of esters is 4. The van der Waals surface area contributed by atoms with E-state index in [2.05, 4.69) is 48.5 Å². The highest BCUT2D eigenvalue weighted by Gasteiger charge is 2.30. The van der Waals surface area contributed by atoms with Gasteiger partial charge in [0.05, 0.1) is 26.4 Å². The zero-order chi connectivity index (χ0) is 75.1. The van der Waals surface area contributed by atoms with Crippen molar-refractivity contribution >= 4 is 39.5 Å². The summed E-state index contributed by atoms with van der Waals surface area (Å²) in [6.07, 6.45) is 62.6. The Morgan fingerprint density at radius 1 is 0.265 bits per heavy atom. The number of rotatable bonds is 81. The molecule has 0 aliphatic heterocycles. The average Bonchev–Trinajstić information content (AvgIpc) is 0.908. The summed E-state index contributed by atoms with van der Waals surface area (Å²) in [6.45, 7) is 11.9. The maximum absolute atomic E-state index is 13.1. The van der Waals surface area contributed by atoms with E-state index in [-0.39, 0.29) is 25.7 Å². The number of phosphoric acid groups is 2. The van der Waals surface area contributed by atoms with Crippen molar-refractivity contribution in [3.05, 3.63) is 0 Å². The Labute approximate surface area is 626 Å². The van der Waals surface area contributed by atoms with Crippen LogP contribution in [0, 0.1) is 17.8 Å². The summed E-state index contributed by atoms with van der Waals surface area (Å²) in [5.74, 6) is 0.189. The van der Waals surface area contributed by atoms with E-state index < -0.39 is 97.5 Å². The Balaban J connectivity index is 5.21. The number of hydrogen-bond donors (Lipinski definition) is 3. The Morgan fingerprint density at radius 3 is 0.667 bits per heavy atom. The van der Waals surface area contributed by atoms with Gasteiger partial charge in [-0.1, -0.05) is 382 Å². The summed E-state index contributed by atoms with van der Waals surface area (Å²) in [5, 5.41) is 10.6. The monoisotopic (exact) mass is 1490 g/mol. The quantitative estimate of drug-likeness (QED) is 0.0222. The van der Waals surface area contributed by atoms with Crippen LogP contribution in [0.15, 0.2) is 0 Å². The molecule has 19 heteroatoms. The molecule has 17 nitrogen and oxygen atoms in total. The van der Waals surface area contributed by atoms with Crippen LogP contribution in [0.5, 0.6) is 0 Å². The molecular formula is C83H162O17P2. The summed E-state index contributed by atoms with van der Waals surface area (Å²) in [5.41, 5.74) is 0. The fourth-order valence-corrected chi connectivity index (χ4v) is 14.4. The van der Waals surface area contributed by atoms with Gasteiger partial charge in [-0.15, -0.1) is 0 Å². The summed E-state index contributed by atoms with van der Waals surface area (Å²) < 4.78 is 68.7.